The zero-order chi connectivity index (χ0) is 35.0. The van der Waals surface area contributed by atoms with Gasteiger partial charge in [-0.1, -0.05) is 172 Å². The summed E-state index contributed by atoms with van der Waals surface area (Å²) < 4.78 is 10.5. The monoisotopic (exact) mass is 673 g/mol. The van der Waals surface area contributed by atoms with Gasteiger partial charge in [0.05, 0.1) is 6.61 Å². The number of carbonyl (C=O) groups excluding carboxylic acids is 2. The van der Waals surface area contributed by atoms with Crippen molar-refractivity contribution in [1.82, 2.24) is 0 Å². The van der Waals surface area contributed by atoms with E-state index in [9.17, 15) is 14.7 Å². The largest absolute Gasteiger partial charge is 0.462 e. The van der Waals surface area contributed by atoms with Gasteiger partial charge in [0.15, 0.2) is 6.10 Å². The van der Waals surface area contributed by atoms with Crippen LogP contribution in [0.15, 0.2) is 48.6 Å². The number of aliphatic hydroxyl groups is 1. The molecule has 0 amide bonds. The van der Waals surface area contributed by atoms with Gasteiger partial charge in [0.1, 0.15) is 6.61 Å². The van der Waals surface area contributed by atoms with Crippen LogP contribution >= 0.6 is 0 Å². The van der Waals surface area contributed by atoms with Gasteiger partial charge in [-0.15, -0.1) is 0 Å². The van der Waals surface area contributed by atoms with E-state index in [4.69, 9.17) is 9.47 Å². The van der Waals surface area contributed by atoms with Crippen LogP contribution in [0, 0.1) is 0 Å². The van der Waals surface area contributed by atoms with Crippen molar-refractivity contribution in [3.63, 3.8) is 0 Å². The molecule has 0 aromatic heterocycles. The summed E-state index contributed by atoms with van der Waals surface area (Å²) >= 11 is 0. The molecule has 0 aliphatic rings. The van der Waals surface area contributed by atoms with Gasteiger partial charge in [-0.05, 0) is 57.8 Å². The number of hydrogen-bond acceptors (Lipinski definition) is 5. The smallest absolute Gasteiger partial charge is 0.306 e. The summed E-state index contributed by atoms with van der Waals surface area (Å²) in [5, 5.41) is 9.54. The number of hydrogen-bond donors (Lipinski definition) is 1. The van der Waals surface area contributed by atoms with Crippen LogP contribution in [0.2, 0.25) is 0 Å². The molecule has 5 heteroatoms. The van der Waals surface area contributed by atoms with E-state index in [0.717, 1.165) is 44.9 Å². The SMILES string of the molecule is CC/C=C/C/C=C/CCCCCCCCCCCCCCCCC(=O)OC(CO)COC(=O)CC/C=C/C/C=C/CCCCCCCC. The number of rotatable bonds is 36. The molecule has 0 saturated carbocycles. The van der Waals surface area contributed by atoms with Crippen molar-refractivity contribution >= 4 is 11.9 Å². The van der Waals surface area contributed by atoms with Crippen LogP contribution in [-0.4, -0.2) is 36.4 Å². The first-order valence-corrected chi connectivity index (χ1v) is 20.2. The van der Waals surface area contributed by atoms with E-state index in [-0.39, 0.29) is 31.6 Å². The Labute approximate surface area is 297 Å². The normalized spacial score (nSPS) is 12.6. The molecule has 48 heavy (non-hydrogen) atoms. The zero-order valence-corrected chi connectivity index (χ0v) is 31.5. The van der Waals surface area contributed by atoms with Crippen molar-refractivity contribution < 1.29 is 24.2 Å². The topological polar surface area (TPSA) is 72.8 Å². The second kappa shape index (κ2) is 39.3. The summed E-state index contributed by atoms with van der Waals surface area (Å²) in [6, 6.07) is 0. The number of esters is 2. The Bertz CT molecular complexity index is 812. The zero-order valence-electron chi connectivity index (χ0n) is 31.5. The first-order valence-electron chi connectivity index (χ1n) is 20.2. The fourth-order valence-electron chi connectivity index (χ4n) is 5.59. The molecule has 1 atom stereocenters. The standard InChI is InChI=1S/C43H76O5/c1-3-5-7-9-11-13-15-17-18-19-20-21-22-23-24-26-28-30-32-34-36-38-43(46)48-41(39-44)40-47-42(45)37-35-33-31-29-27-25-16-14-12-10-8-6-4-2/h5,7,11,13,25,27,31,33,41,44H,3-4,6,8-10,12,14-24,26,28-30,32,34-40H2,1-2H3/b7-5+,13-11+,27-25+,33-31+. The van der Waals surface area contributed by atoms with Gasteiger partial charge in [-0.2, -0.15) is 0 Å². The molecular formula is C43H76O5. The molecule has 0 spiro atoms. The van der Waals surface area contributed by atoms with E-state index in [2.05, 4.69) is 56.4 Å². The second-order valence-electron chi connectivity index (χ2n) is 13.3. The first kappa shape index (κ1) is 45.9. The molecule has 0 saturated heterocycles. The third kappa shape index (κ3) is 36.7. The highest BCUT2D eigenvalue weighted by Crippen LogP contribution is 2.14. The Morgan fingerprint density at radius 2 is 0.938 bits per heavy atom. The number of ether oxygens (including phenoxy) is 2. The highest BCUT2D eigenvalue weighted by molar-refractivity contribution is 5.70. The van der Waals surface area contributed by atoms with Gasteiger partial charge in [0, 0.05) is 12.8 Å². The number of carbonyl (C=O) groups is 2. The van der Waals surface area contributed by atoms with E-state index in [1.165, 1.54) is 116 Å². The lowest BCUT2D eigenvalue weighted by atomic mass is 10.0. The molecule has 0 aliphatic heterocycles. The van der Waals surface area contributed by atoms with Crippen LogP contribution < -0.4 is 0 Å². The quantitative estimate of drug-likeness (QED) is 0.0407. The first-order chi connectivity index (χ1) is 23.6. The Balaban J connectivity index is 3.56. The Hall–Kier alpha value is -2.14. The highest BCUT2D eigenvalue weighted by Gasteiger charge is 2.15. The van der Waals surface area contributed by atoms with Crippen molar-refractivity contribution in [3.05, 3.63) is 48.6 Å². The highest BCUT2D eigenvalue weighted by atomic mass is 16.6. The minimum Gasteiger partial charge on any atom is -0.462 e. The fraction of sp³-hybridized carbons (Fsp3) is 0.767. The second-order valence-corrected chi connectivity index (χ2v) is 13.3. The van der Waals surface area contributed by atoms with Crippen LogP contribution in [0.25, 0.3) is 0 Å². The summed E-state index contributed by atoms with van der Waals surface area (Å²) in [4.78, 5) is 24.2. The maximum absolute atomic E-state index is 12.2. The average Bonchev–Trinajstić information content (AvgIpc) is 3.09. The van der Waals surface area contributed by atoms with E-state index < -0.39 is 6.10 Å². The Morgan fingerprint density at radius 1 is 0.500 bits per heavy atom. The van der Waals surface area contributed by atoms with Gasteiger partial charge in [-0.25, -0.2) is 0 Å². The molecule has 0 radical (unpaired) electrons. The van der Waals surface area contributed by atoms with Crippen molar-refractivity contribution in [2.75, 3.05) is 13.2 Å². The van der Waals surface area contributed by atoms with E-state index in [1.807, 2.05) is 6.08 Å². The molecule has 1 unspecified atom stereocenters. The van der Waals surface area contributed by atoms with Crippen LogP contribution in [0.3, 0.4) is 0 Å². The Kier molecular flexibility index (Phi) is 37.5. The summed E-state index contributed by atoms with van der Waals surface area (Å²) in [7, 11) is 0. The van der Waals surface area contributed by atoms with Crippen molar-refractivity contribution in [1.29, 1.82) is 0 Å². The fourth-order valence-corrected chi connectivity index (χ4v) is 5.59. The van der Waals surface area contributed by atoms with Crippen LogP contribution in [-0.2, 0) is 19.1 Å². The minimum atomic E-state index is -0.792. The Morgan fingerprint density at radius 3 is 1.42 bits per heavy atom. The lowest BCUT2D eigenvalue weighted by molar-refractivity contribution is -0.161. The molecular weight excluding hydrogens is 596 g/mol. The van der Waals surface area contributed by atoms with Crippen LogP contribution in [0.5, 0.6) is 0 Å². The van der Waals surface area contributed by atoms with E-state index in [0.29, 0.717) is 12.8 Å². The molecule has 5 nitrogen and oxygen atoms in total. The predicted molar refractivity (Wildman–Crippen MR) is 205 cm³/mol. The molecule has 1 N–H and O–H groups in total. The summed E-state index contributed by atoms with van der Waals surface area (Å²) in [6.45, 7) is 3.97. The molecule has 0 aromatic rings. The van der Waals surface area contributed by atoms with E-state index in [1.54, 1.807) is 0 Å². The van der Waals surface area contributed by atoms with Crippen LogP contribution in [0.1, 0.15) is 194 Å². The number of unbranched alkanes of at least 4 members (excludes halogenated alkanes) is 20. The summed E-state index contributed by atoms with van der Waals surface area (Å²) in [5.74, 6) is -0.668. The van der Waals surface area contributed by atoms with Crippen molar-refractivity contribution in [3.8, 4) is 0 Å². The van der Waals surface area contributed by atoms with Crippen molar-refractivity contribution in [2.24, 2.45) is 0 Å². The third-order valence-corrected chi connectivity index (χ3v) is 8.62. The van der Waals surface area contributed by atoms with Gasteiger partial charge < -0.3 is 14.6 Å². The third-order valence-electron chi connectivity index (χ3n) is 8.62. The van der Waals surface area contributed by atoms with Crippen LogP contribution in [0.4, 0.5) is 0 Å². The van der Waals surface area contributed by atoms with Gasteiger partial charge >= 0.3 is 11.9 Å². The maximum Gasteiger partial charge on any atom is 0.306 e. The molecule has 278 valence electrons. The molecule has 0 rings (SSSR count). The van der Waals surface area contributed by atoms with Gasteiger partial charge in [-0.3, -0.25) is 9.59 Å². The van der Waals surface area contributed by atoms with Gasteiger partial charge in [0.2, 0.25) is 0 Å². The summed E-state index contributed by atoms with van der Waals surface area (Å²) in [5.41, 5.74) is 0. The lowest BCUT2D eigenvalue weighted by Gasteiger charge is -2.15. The molecule has 0 fully saturated rings. The van der Waals surface area contributed by atoms with Gasteiger partial charge in [0.25, 0.3) is 0 Å². The summed E-state index contributed by atoms with van der Waals surface area (Å²) in [6.07, 6.45) is 49.1. The minimum absolute atomic E-state index is 0.0958. The average molecular weight is 673 g/mol. The lowest BCUT2D eigenvalue weighted by Crippen LogP contribution is -2.28. The molecule has 0 aliphatic carbocycles. The predicted octanol–water partition coefficient (Wildman–Crippen LogP) is 12.6. The number of allylic oxidation sites excluding steroid dienone is 8. The van der Waals surface area contributed by atoms with Crippen molar-refractivity contribution in [2.45, 2.75) is 200 Å². The number of aliphatic hydroxyl groups excluding tert-OH is 1. The van der Waals surface area contributed by atoms with E-state index >= 15 is 0 Å². The molecule has 0 heterocycles. The molecule has 0 bridgehead atoms. The maximum atomic E-state index is 12.2. The molecule has 0 aromatic carbocycles.